The van der Waals surface area contributed by atoms with Crippen molar-refractivity contribution in [1.29, 1.82) is 0 Å². The predicted octanol–water partition coefficient (Wildman–Crippen LogP) is 4.83. The van der Waals surface area contributed by atoms with Crippen molar-refractivity contribution in [1.82, 2.24) is 4.98 Å². The molecule has 3 aromatic rings. The summed E-state index contributed by atoms with van der Waals surface area (Å²) in [6.07, 6.45) is 2.54. The maximum absolute atomic E-state index is 5.44. The molecule has 0 saturated carbocycles. The molecular weight excluding hydrogens is 324 g/mol. The van der Waals surface area contributed by atoms with Gasteiger partial charge >= 0.3 is 0 Å². The van der Waals surface area contributed by atoms with Gasteiger partial charge in [-0.15, -0.1) is 0 Å². The lowest BCUT2D eigenvalue weighted by Crippen LogP contribution is -2.18. The van der Waals surface area contributed by atoms with E-state index in [0.29, 0.717) is 0 Å². The van der Waals surface area contributed by atoms with Crippen LogP contribution in [0.25, 0.3) is 22.0 Å². The SMILES string of the molecule is COc1ccc(-c2ccc3c(N4CCCC4)cc(C)nc3c2)cc1OC. The zero-order valence-electron chi connectivity index (χ0n) is 15.6. The van der Waals surface area contributed by atoms with Gasteiger partial charge in [-0.1, -0.05) is 18.2 Å². The highest BCUT2D eigenvalue weighted by atomic mass is 16.5. The third-order valence-electron chi connectivity index (χ3n) is 5.08. The monoisotopic (exact) mass is 348 g/mol. The first-order valence-corrected chi connectivity index (χ1v) is 9.08. The van der Waals surface area contributed by atoms with Crippen LogP contribution in [-0.2, 0) is 0 Å². The fourth-order valence-corrected chi connectivity index (χ4v) is 3.75. The van der Waals surface area contributed by atoms with Crippen molar-refractivity contribution < 1.29 is 9.47 Å². The summed E-state index contributed by atoms with van der Waals surface area (Å²) < 4.78 is 10.8. The fraction of sp³-hybridized carbons (Fsp3) is 0.318. The molecule has 4 heteroatoms. The number of hydrogen-bond donors (Lipinski definition) is 0. The van der Waals surface area contributed by atoms with Gasteiger partial charge in [0.1, 0.15) is 0 Å². The van der Waals surface area contributed by atoms with E-state index in [0.717, 1.165) is 46.9 Å². The van der Waals surface area contributed by atoms with Gasteiger partial charge in [0.25, 0.3) is 0 Å². The molecule has 0 N–H and O–H groups in total. The van der Waals surface area contributed by atoms with Gasteiger partial charge in [-0.25, -0.2) is 0 Å². The fourth-order valence-electron chi connectivity index (χ4n) is 3.75. The number of aryl methyl sites for hydroxylation is 1. The van der Waals surface area contributed by atoms with Gasteiger partial charge in [-0.05, 0) is 55.2 Å². The van der Waals surface area contributed by atoms with Gasteiger partial charge in [0.15, 0.2) is 11.5 Å². The number of aromatic nitrogens is 1. The van der Waals surface area contributed by atoms with Crippen LogP contribution in [-0.4, -0.2) is 32.3 Å². The van der Waals surface area contributed by atoms with Gasteiger partial charge in [0.2, 0.25) is 0 Å². The lowest BCUT2D eigenvalue weighted by atomic mass is 10.0. The molecule has 1 aliphatic heterocycles. The summed E-state index contributed by atoms with van der Waals surface area (Å²) in [6, 6.07) is 14.8. The first-order valence-electron chi connectivity index (χ1n) is 9.08. The average molecular weight is 348 g/mol. The van der Waals surface area contributed by atoms with Crippen molar-refractivity contribution in [3.63, 3.8) is 0 Å². The van der Waals surface area contributed by atoms with Crippen molar-refractivity contribution in [3.8, 4) is 22.6 Å². The molecule has 0 spiro atoms. The van der Waals surface area contributed by atoms with Crippen LogP contribution in [0.15, 0.2) is 42.5 Å². The van der Waals surface area contributed by atoms with E-state index in [1.807, 2.05) is 12.1 Å². The number of ether oxygens (including phenoxy) is 2. The quantitative estimate of drug-likeness (QED) is 0.676. The first-order chi connectivity index (χ1) is 12.7. The Morgan fingerprint density at radius 1 is 0.846 bits per heavy atom. The molecular formula is C22H24N2O2. The Morgan fingerprint density at radius 2 is 1.54 bits per heavy atom. The number of pyridine rings is 1. The Bertz CT molecular complexity index is 946. The lowest BCUT2D eigenvalue weighted by Gasteiger charge is -2.20. The van der Waals surface area contributed by atoms with E-state index in [1.165, 1.54) is 23.9 Å². The molecule has 2 heterocycles. The second-order valence-corrected chi connectivity index (χ2v) is 6.78. The van der Waals surface area contributed by atoms with Crippen molar-refractivity contribution >= 4 is 16.6 Å². The minimum atomic E-state index is 0.736. The molecule has 0 amide bonds. The number of rotatable bonds is 4. The van der Waals surface area contributed by atoms with Crippen LogP contribution in [0.4, 0.5) is 5.69 Å². The molecule has 4 rings (SSSR count). The number of methoxy groups -OCH3 is 2. The minimum absolute atomic E-state index is 0.736. The zero-order chi connectivity index (χ0) is 18.1. The van der Waals surface area contributed by atoms with Crippen LogP contribution >= 0.6 is 0 Å². The van der Waals surface area contributed by atoms with E-state index < -0.39 is 0 Å². The molecule has 0 aliphatic carbocycles. The molecule has 1 aromatic heterocycles. The van der Waals surface area contributed by atoms with Gasteiger partial charge in [0, 0.05) is 29.9 Å². The first kappa shape index (κ1) is 16.7. The van der Waals surface area contributed by atoms with Crippen molar-refractivity contribution in [2.24, 2.45) is 0 Å². The van der Waals surface area contributed by atoms with E-state index in [-0.39, 0.29) is 0 Å². The lowest BCUT2D eigenvalue weighted by molar-refractivity contribution is 0.355. The second-order valence-electron chi connectivity index (χ2n) is 6.78. The van der Waals surface area contributed by atoms with Gasteiger partial charge in [-0.3, -0.25) is 4.98 Å². The average Bonchev–Trinajstić information content (AvgIpc) is 3.20. The molecule has 0 unspecified atom stereocenters. The Balaban J connectivity index is 1.81. The molecule has 26 heavy (non-hydrogen) atoms. The summed E-state index contributed by atoms with van der Waals surface area (Å²) in [5, 5.41) is 1.22. The summed E-state index contributed by atoms with van der Waals surface area (Å²) in [4.78, 5) is 7.27. The Kier molecular flexibility index (Phi) is 4.41. The number of hydrogen-bond acceptors (Lipinski definition) is 4. The molecule has 4 nitrogen and oxygen atoms in total. The summed E-state index contributed by atoms with van der Waals surface area (Å²) >= 11 is 0. The standard InChI is InChI=1S/C22H24N2O2/c1-15-12-20(24-10-4-5-11-24)18-8-6-16(13-19(18)23-15)17-7-9-21(25-2)22(14-17)26-3/h6-9,12-14H,4-5,10-11H2,1-3H3. The predicted molar refractivity (Wildman–Crippen MR) is 106 cm³/mol. The maximum atomic E-state index is 5.44. The van der Waals surface area contributed by atoms with Gasteiger partial charge < -0.3 is 14.4 Å². The molecule has 0 atom stereocenters. The van der Waals surface area contributed by atoms with E-state index >= 15 is 0 Å². The van der Waals surface area contributed by atoms with Crippen LogP contribution in [0.3, 0.4) is 0 Å². The summed E-state index contributed by atoms with van der Waals surface area (Å²) in [7, 11) is 3.31. The third kappa shape index (κ3) is 2.96. The summed E-state index contributed by atoms with van der Waals surface area (Å²) in [5.74, 6) is 1.47. The highest BCUT2D eigenvalue weighted by Crippen LogP contribution is 2.35. The van der Waals surface area contributed by atoms with Crippen LogP contribution in [0.1, 0.15) is 18.5 Å². The number of fused-ring (bicyclic) bond motifs is 1. The summed E-state index contributed by atoms with van der Waals surface area (Å²) in [6.45, 7) is 4.34. The topological polar surface area (TPSA) is 34.6 Å². The Morgan fingerprint density at radius 3 is 2.27 bits per heavy atom. The molecule has 134 valence electrons. The summed E-state index contributed by atoms with van der Waals surface area (Å²) in [5.41, 5.74) is 5.63. The molecule has 1 aliphatic rings. The molecule has 1 fully saturated rings. The molecule has 0 bridgehead atoms. The molecule has 0 radical (unpaired) electrons. The van der Waals surface area contributed by atoms with Crippen molar-refractivity contribution in [2.75, 3.05) is 32.2 Å². The zero-order valence-corrected chi connectivity index (χ0v) is 15.6. The van der Waals surface area contributed by atoms with Crippen LogP contribution in [0, 0.1) is 6.92 Å². The van der Waals surface area contributed by atoms with E-state index in [4.69, 9.17) is 14.5 Å². The smallest absolute Gasteiger partial charge is 0.161 e. The van der Waals surface area contributed by atoms with Crippen LogP contribution in [0.5, 0.6) is 11.5 Å². The van der Waals surface area contributed by atoms with Crippen molar-refractivity contribution in [2.45, 2.75) is 19.8 Å². The maximum Gasteiger partial charge on any atom is 0.161 e. The van der Waals surface area contributed by atoms with E-state index in [2.05, 4.69) is 42.2 Å². The van der Waals surface area contributed by atoms with Gasteiger partial charge in [0.05, 0.1) is 19.7 Å². The third-order valence-corrected chi connectivity index (χ3v) is 5.08. The highest BCUT2D eigenvalue weighted by molar-refractivity contribution is 5.94. The minimum Gasteiger partial charge on any atom is -0.493 e. The Hall–Kier alpha value is -2.75. The largest absolute Gasteiger partial charge is 0.493 e. The van der Waals surface area contributed by atoms with E-state index in [1.54, 1.807) is 14.2 Å². The van der Waals surface area contributed by atoms with E-state index in [9.17, 15) is 0 Å². The number of nitrogens with zero attached hydrogens (tertiary/aromatic N) is 2. The highest BCUT2D eigenvalue weighted by Gasteiger charge is 2.16. The Labute approximate surface area is 154 Å². The molecule has 2 aromatic carbocycles. The van der Waals surface area contributed by atoms with Gasteiger partial charge in [-0.2, -0.15) is 0 Å². The number of benzene rings is 2. The number of anilines is 1. The normalized spacial score (nSPS) is 14.0. The second kappa shape index (κ2) is 6.87. The van der Waals surface area contributed by atoms with Crippen LogP contribution in [0.2, 0.25) is 0 Å². The molecule has 1 saturated heterocycles. The van der Waals surface area contributed by atoms with Crippen LogP contribution < -0.4 is 14.4 Å². The van der Waals surface area contributed by atoms with Crippen molar-refractivity contribution in [3.05, 3.63) is 48.2 Å².